The molecule has 0 spiro atoms. The smallest absolute Gasteiger partial charge is 0.253 e. The number of thiazole rings is 1. The minimum atomic E-state index is -0.856. The highest BCUT2D eigenvalue weighted by atomic mass is 35.5. The average Bonchev–Trinajstić information content (AvgIpc) is 3.22. The van der Waals surface area contributed by atoms with Crippen LogP contribution in [0, 0.1) is 0 Å². The molecule has 0 bridgehead atoms. The number of aromatic nitrogens is 4. The van der Waals surface area contributed by atoms with E-state index in [1.165, 1.54) is 28.7 Å². The van der Waals surface area contributed by atoms with Gasteiger partial charge in [0.15, 0.2) is 5.13 Å². The standard InChI is InChI=1S/C16H16ClN5OS/c1-16(2,22-10-18-9-20-22)14(23)21-15-19-8-12(24-15)7-11-5-3-4-6-13(11)17/h3-6,8-10H,7H2,1-2H3,(H,19,21,23). The third-order valence-electron chi connectivity index (χ3n) is 3.64. The second-order valence-corrected chi connectivity index (χ2v) is 7.28. The highest BCUT2D eigenvalue weighted by Crippen LogP contribution is 2.26. The van der Waals surface area contributed by atoms with Gasteiger partial charge in [0.05, 0.1) is 0 Å². The summed E-state index contributed by atoms with van der Waals surface area (Å²) >= 11 is 7.61. The summed E-state index contributed by atoms with van der Waals surface area (Å²) in [6.45, 7) is 3.55. The Hall–Kier alpha value is -2.25. The number of anilines is 1. The van der Waals surface area contributed by atoms with Crippen molar-refractivity contribution in [1.82, 2.24) is 19.7 Å². The minimum Gasteiger partial charge on any atom is -0.300 e. The van der Waals surface area contributed by atoms with E-state index in [1.54, 1.807) is 20.0 Å². The number of nitrogens with one attached hydrogen (secondary N) is 1. The summed E-state index contributed by atoms with van der Waals surface area (Å²) < 4.78 is 1.51. The minimum absolute atomic E-state index is 0.202. The number of carbonyl (C=O) groups is 1. The zero-order valence-electron chi connectivity index (χ0n) is 13.2. The van der Waals surface area contributed by atoms with Crippen LogP contribution in [-0.2, 0) is 16.8 Å². The molecule has 8 heteroatoms. The Morgan fingerprint density at radius 1 is 1.38 bits per heavy atom. The van der Waals surface area contributed by atoms with Crippen LogP contribution in [-0.4, -0.2) is 25.7 Å². The molecule has 1 amide bonds. The second-order valence-electron chi connectivity index (χ2n) is 5.75. The lowest BCUT2D eigenvalue weighted by atomic mass is 10.1. The fraction of sp³-hybridized carbons (Fsp3) is 0.250. The third kappa shape index (κ3) is 3.47. The van der Waals surface area contributed by atoms with Crippen LogP contribution in [0.2, 0.25) is 5.02 Å². The van der Waals surface area contributed by atoms with Crippen molar-refractivity contribution in [1.29, 1.82) is 0 Å². The first kappa shape index (κ1) is 16.6. The van der Waals surface area contributed by atoms with Gasteiger partial charge in [-0.1, -0.05) is 29.8 Å². The van der Waals surface area contributed by atoms with Gasteiger partial charge in [-0.25, -0.2) is 14.6 Å². The zero-order valence-corrected chi connectivity index (χ0v) is 14.8. The van der Waals surface area contributed by atoms with Gasteiger partial charge >= 0.3 is 0 Å². The lowest BCUT2D eigenvalue weighted by Crippen LogP contribution is -2.40. The largest absolute Gasteiger partial charge is 0.300 e. The first-order valence-corrected chi connectivity index (χ1v) is 8.51. The lowest BCUT2D eigenvalue weighted by molar-refractivity contribution is -0.123. The van der Waals surface area contributed by atoms with Gasteiger partial charge in [-0.2, -0.15) is 5.10 Å². The number of halogens is 1. The van der Waals surface area contributed by atoms with Crippen LogP contribution in [0.1, 0.15) is 24.3 Å². The van der Waals surface area contributed by atoms with E-state index in [1.807, 2.05) is 24.3 Å². The summed E-state index contributed by atoms with van der Waals surface area (Å²) in [5.41, 5.74) is 0.175. The molecule has 0 radical (unpaired) electrons. The number of hydrogen-bond acceptors (Lipinski definition) is 5. The molecular formula is C16H16ClN5OS. The molecule has 0 unspecified atom stereocenters. The molecule has 1 aromatic carbocycles. The van der Waals surface area contributed by atoms with Gasteiger partial charge in [-0.3, -0.25) is 10.1 Å². The van der Waals surface area contributed by atoms with Crippen LogP contribution in [0.25, 0.3) is 0 Å². The normalized spacial score (nSPS) is 11.5. The molecule has 0 fully saturated rings. The maximum Gasteiger partial charge on any atom is 0.253 e. The fourth-order valence-corrected chi connectivity index (χ4v) is 3.16. The van der Waals surface area contributed by atoms with Gasteiger partial charge in [-0.15, -0.1) is 11.3 Å². The zero-order chi connectivity index (χ0) is 17.2. The molecule has 0 aliphatic rings. The quantitative estimate of drug-likeness (QED) is 0.756. The van der Waals surface area contributed by atoms with E-state index in [0.717, 1.165) is 15.5 Å². The van der Waals surface area contributed by atoms with Gasteiger partial charge in [0, 0.05) is 22.5 Å². The maximum atomic E-state index is 12.5. The molecule has 3 aromatic rings. The number of nitrogens with zero attached hydrogens (tertiary/aromatic N) is 4. The molecule has 0 saturated heterocycles. The Kier molecular flexibility index (Phi) is 4.64. The molecule has 1 N–H and O–H groups in total. The number of hydrogen-bond donors (Lipinski definition) is 1. The van der Waals surface area contributed by atoms with E-state index in [2.05, 4.69) is 20.4 Å². The summed E-state index contributed by atoms with van der Waals surface area (Å²) in [6, 6.07) is 7.69. The number of amides is 1. The van der Waals surface area contributed by atoms with Crippen LogP contribution in [0.15, 0.2) is 43.1 Å². The van der Waals surface area contributed by atoms with E-state index in [-0.39, 0.29) is 5.91 Å². The van der Waals surface area contributed by atoms with E-state index in [0.29, 0.717) is 11.6 Å². The van der Waals surface area contributed by atoms with E-state index < -0.39 is 5.54 Å². The molecular weight excluding hydrogens is 346 g/mol. The van der Waals surface area contributed by atoms with Crippen LogP contribution in [0.4, 0.5) is 5.13 Å². The molecule has 124 valence electrons. The summed E-state index contributed by atoms with van der Waals surface area (Å²) in [6.07, 6.45) is 5.36. The number of rotatable bonds is 5. The predicted molar refractivity (Wildman–Crippen MR) is 94.3 cm³/mol. The van der Waals surface area contributed by atoms with Crippen molar-refractivity contribution >= 4 is 34.0 Å². The van der Waals surface area contributed by atoms with Gasteiger partial charge in [0.25, 0.3) is 5.91 Å². The van der Waals surface area contributed by atoms with Crippen molar-refractivity contribution in [2.45, 2.75) is 25.8 Å². The maximum absolute atomic E-state index is 12.5. The van der Waals surface area contributed by atoms with E-state index in [4.69, 9.17) is 11.6 Å². The molecule has 0 aliphatic carbocycles. The van der Waals surface area contributed by atoms with E-state index in [9.17, 15) is 4.79 Å². The van der Waals surface area contributed by atoms with E-state index >= 15 is 0 Å². The Morgan fingerprint density at radius 3 is 2.88 bits per heavy atom. The number of carbonyl (C=O) groups excluding carboxylic acids is 1. The van der Waals surface area contributed by atoms with Crippen molar-refractivity contribution in [3.05, 3.63) is 58.6 Å². The van der Waals surface area contributed by atoms with Gasteiger partial charge in [0.2, 0.25) is 0 Å². The molecule has 0 aliphatic heterocycles. The second kappa shape index (κ2) is 6.70. The van der Waals surface area contributed by atoms with Gasteiger partial charge in [0.1, 0.15) is 18.2 Å². The lowest BCUT2D eigenvalue weighted by Gasteiger charge is -2.22. The molecule has 0 saturated carbocycles. The topological polar surface area (TPSA) is 72.7 Å². The molecule has 24 heavy (non-hydrogen) atoms. The molecule has 3 rings (SSSR count). The summed E-state index contributed by atoms with van der Waals surface area (Å²) in [7, 11) is 0. The third-order valence-corrected chi connectivity index (χ3v) is 4.93. The van der Waals surface area contributed by atoms with Crippen molar-refractivity contribution in [2.24, 2.45) is 0 Å². The van der Waals surface area contributed by atoms with Gasteiger partial charge in [-0.05, 0) is 25.5 Å². The van der Waals surface area contributed by atoms with Gasteiger partial charge < -0.3 is 0 Å². The molecule has 0 atom stereocenters. The highest BCUT2D eigenvalue weighted by molar-refractivity contribution is 7.15. The molecule has 2 heterocycles. The summed E-state index contributed by atoms with van der Waals surface area (Å²) in [4.78, 5) is 21.7. The summed E-state index contributed by atoms with van der Waals surface area (Å²) in [5, 5.41) is 8.15. The molecule has 6 nitrogen and oxygen atoms in total. The fourth-order valence-electron chi connectivity index (χ4n) is 2.13. The van der Waals surface area contributed by atoms with Crippen molar-refractivity contribution in [3.63, 3.8) is 0 Å². The Balaban J connectivity index is 1.70. The highest BCUT2D eigenvalue weighted by Gasteiger charge is 2.31. The average molecular weight is 362 g/mol. The van der Waals surface area contributed by atoms with Crippen LogP contribution >= 0.6 is 22.9 Å². The summed E-state index contributed by atoms with van der Waals surface area (Å²) in [5.74, 6) is -0.202. The van der Waals surface area contributed by atoms with Crippen molar-refractivity contribution < 1.29 is 4.79 Å². The van der Waals surface area contributed by atoms with Crippen LogP contribution < -0.4 is 5.32 Å². The van der Waals surface area contributed by atoms with Crippen molar-refractivity contribution in [3.8, 4) is 0 Å². The monoisotopic (exact) mass is 361 g/mol. The SMILES string of the molecule is CC(C)(C(=O)Nc1ncc(Cc2ccccc2Cl)s1)n1cncn1. The number of benzene rings is 1. The van der Waals surface area contributed by atoms with Crippen LogP contribution in [0.5, 0.6) is 0 Å². The van der Waals surface area contributed by atoms with Crippen LogP contribution in [0.3, 0.4) is 0 Å². The Morgan fingerprint density at radius 2 is 2.17 bits per heavy atom. The Bertz CT molecular complexity index is 844. The first-order chi connectivity index (χ1) is 11.5. The Labute approximate surface area is 148 Å². The predicted octanol–water partition coefficient (Wildman–Crippen LogP) is 3.35. The first-order valence-electron chi connectivity index (χ1n) is 7.31. The molecule has 2 aromatic heterocycles. The van der Waals surface area contributed by atoms with Crippen molar-refractivity contribution in [2.75, 3.05) is 5.32 Å².